The maximum atomic E-state index is 5.64. The average molecular weight is 267 g/mol. The van der Waals surface area contributed by atoms with Crippen LogP contribution in [-0.2, 0) is 4.74 Å². The smallest absolute Gasteiger partial charge is 0.142 e. The van der Waals surface area contributed by atoms with E-state index in [9.17, 15) is 0 Å². The number of halogens is 1. The molecule has 1 fully saturated rings. The average Bonchev–Trinajstić information content (AvgIpc) is 2.82. The van der Waals surface area contributed by atoms with Crippen molar-refractivity contribution in [2.45, 2.75) is 18.9 Å². The molecule has 0 amide bonds. The van der Waals surface area contributed by atoms with Gasteiger partial charge in [0.05, 0.1) is 11.7 Å². The van der Waals surface area contributed by atoms with E-state index in [0.29, 0.717) is 0 Å². The largest absolute Gasteiger partial charge is 0.370 e. The van der Waals surface area contributed by atoms with Crippen LogP contribution in [0.15, 0.2) is 29.0 Å². The summed E-state index contributed by atoms with van der Waals surface area (Å²) in [6, 6.07) is 4.08. The van der Waals surface area contributed by atoms with Crippen LogP contribution in [-0.4, -0.2) is 16.0 Å². The van der Waals surface area contributed by atoms with Gasteiger partial charge in [0, 0.05) is 17.3 Å². The Morgan fingerprint density at radius 2 is 2.47 bits per heavy atom. The fraction of sp³-hybridized carbons (Fsp3) is 0.364. The minimum Gasteiger partial charge on any atom is -0.370 e. The molecule has 15 heavy (non-hydrogen) atoms. The molecule has 3 rings (SSSR count). The lowest BCUT2D eigenvalue weighted by Crippen LogP contribution is -2.02. The van der Waals surface area contributed by atoms with Crippen LogP contribution in [0.1, 0.15) is 24.8 Å². The standard InChI is InChI=1S/C11H11BrN2O/c12-8-3-4-14-9(6-8)7-13-11(14)10-2-1-5-15-10/h3-4,6-7,10H,1-2,5H2. The summed E-state index contributed by atoms with van der Waals surface area (Å²) in [5.41, 5.74) is 1.11. The first-order chi connectivity index (χ1) is 7.34. The molecule has 1 aliphatic heterocycles. The third-order valence-corrected chi connectivity index (χ3v) is 3.23. The lowest BCUT2D eigenvalue weighted by atomic mass is 10.2. The van der Waals surface area contributed by atoms with Crippen molar-refractivity contribution in [1.29, 1.82) is 0 Å². The number of imidazole rings is 1. The second-order valence-corrected chi connectivity index (χ2v) is 4.67. The number of hydrogen-bond acceptors (Lipinski definition) is 2. The van der Waals surface area contributed by atoms with Crippen molar-refractivity contribution >= 4 is 21.4 Å². The molecule has 2 aromatic rings. The Morgan fingerprint density at radius 3 is 3.27 bits per heavy atom. The van der Waals surface area contributed by atoms with Crippen molar-refractivity contribution in [2.75, 3.05) is 6.61 Å². The normalized spacial score (nSPS) is 21.3. The molecule has 2 aromatic heterocycles. The maximum absolute atomic E-state index is 5.64. The van der Waals surface area contributed by atoms with Gasteiger partial charge < -0.3 is 9.14 Å². The zero-order valence-corrected chi connectivity index (χ0v) is 9.77. The molecule has 0 N–H and O–H groups in total. The Morgan fingerprint density at radius 1 is 1.53 bits per heavy atom. The zero-order valence-electron chi connectivity index (χ0n) is 8.19. The second-order valence-electron chi connectivity index (χ2n) is 3.76. The van der Waals surface area contributed by atoms with Gasteiger partial charge in [0.1, 0.15) is 11.9 Å². The molecule has 78 valence electrons. The number of aromatic nitrogens is 2. The van der Waals surface area contributed by atoms with Gasteiger partial charge in [-0.1, -0.05) is 15.9 Å². The molecule has 0 spiro atoms. The predicted octanol–water partition coefficient (Wildman–Crippen LogP) is 2.95. The summed E-state index contributed by atoms with van der Waals surface area (Å²) in [5, 5.41) is 0. The first-order valence-corrected chi connectivity index (χ1v) is 5.88. The highest BCUT2D eigenvalue weighted by Gasteiger charge is 2.21. The summed E-state index contributed by atoms with van der Waals surface area (Å²) in [4.78, 5) is 4.44. The van der Waals surface area contributed by atoms with E-state index in [1.165, 1.54) is 0 Å². The van der Waals surface area contributed by atoms with E-state index in [4.69, 9.17) is 4.74 Å². The van der Waals surface area contributed by atoms with Gasteiger partial charge in [0.25, 0.3) is 0 Å². The number of fused-ring (bicyclic) bond motifs is 1. The topological polar surface area (TPSA) is 26.5 Å². The third kappa shape index (κ3) is 1.58. The van der Waals surface area contributed by atoms with Crippen molar-refractivity contribution in [3.63, 3.8) is 0 Å². The van der Waals surface area contributed by atoms with Gasteiger partial charge in [-0.15, -0.1) is 0 Å². The SMILES string of the molecule is Brc1ccn2c(C3CCCO3)ncc2c1. The van der Waals surface area contributed by atoms with E-state index in [1.54, 1.807) is 0 Å². The summed E-state index contributed by atoms with van der Waals surface area (Å²) >= 11 is 3.45. The molecule has 1 unspecified atom stereocenters. The van der Waals surface area contributed by atoms with Crippen LogP contribution in [0.4, 0.5) is 0 Å². The number of nitrogens with zero attached hydrogens (tertiary/aromatic N) is 2. The predicted molar refractivity (Wildman–Crippen MR) is 60.8 cm³/mol. The van der Waals surface area contributed by atoms with Crippen LogP contribution in [0, 0.1) is 0 Å². The Kier molecular flexibility index (Phi) is 2.25. The van der Waals surface area contributed by atoms with Crippen molar-refractivity contribution in [3.8, 4) is 0 Å². The minimum atomic E-state index is 0.175. The third-order valence-electron chi connectivity index (χ3n) is 2.74. The molecule has 1 atom stereocenters. The number of hydrogen-bond donors (Lipinski definition) is 0. The van der Waals surface area contributed by atoms with Crippen LogP contribution < -0.4 is 0 Å². The lowest BCUT2D eigenvalue weighted by molar-refractivity contribution is 0.104. The van der Waals surface area contributed by atoms with Crippen LogP contribution in [0.3, 0.4) is 0 Å². The van der Waals surface area contributed by atoms with Crippen molar-refractivity contribution < 1.29 is 4.74 Å². The van der Waals surface area contributed by atoms with E-state index in [0.717, 1.165) is 35.3 Å². The Hall–Kier alpha value is -0.870. The first-order valence-electron chi connectivity index (χ1n) is 5.09. The van der Waals surface area contributed by atoms with E-state index in [2.05, 4.69) is 31.4 Å². The molecular formula is C11H11BrN2O. The molecule has 0 bridgehead atoms. The number of ether oxygens (including phenoxy) is 1. The van der Waals surface area contributed by atoms with Gasteiger partial charge in [-0.05, 0) is 25.0 Å². The summed E-state index contributed by atoms with van der Waals surface area (Å²) in [5.74, 6) is 1.02. The molecular weight excluding hydrogens is 256 g/mol. The van der Waals surface area contributed by atoms with Crippen molar-refractivity contribution in [1.82, 2.24) is 9.38 Å². The summed E-state index contributed by atoms with van der Waals surface area (Å²) in [6.45, 7) is 0.857. The van der Waals surface area contributed by atoms with Gasteiger partial charge >= 0.3 is 0 Å². The maximum Gasteiger partial charge on any atom is 0.142 e. The van der Waals surface area contributed by atoms with E-state index >= 15 is 0 Å². The molecule has 3 nitrogen and oxygen atoms in total. The van der Waals surface area contributed by atoms with Crippen LogP contribution in [0.25, 0.3) is 5.52 Å². The number of pyridine rings is 1. The second kappa shape index (κ2) is 3.61. The van der Waals surface area contributed by atoms with Crippen molar-refractivity contribution in [3.05, 3.63) is 34.8 Å². The first kappa shape index (κ1) is 9.36. The quantitative estimate of drug-likeness (QED) is 0.794. The molecule has 4 heteroatoms. The van der Waals surface area contributed by atoms with Crippen LogP contribution in [0.2, 0.25) is 0 Å². The summed E-state index contributed by atoms with van der Waals surface area (Å²) in [6.07, 6.45) is 6.31. The fourth-order valence-electron chi connectivity index (χ4n) is 2.01. The van der Waals surface area contributed by atoms with E-state index in [1.807, 2.05) is 18.5 Å². The van der Waals surface area contributed by atoms with Crippen LogP contribution >= 0.6 is 15.9 Å². The molecule has 3 heterocycles. The molecule has 0 radical (unpaired) electrons. The fourth-order valence-corrected chi connectivity index (χ4v) is 2.37. The van der Waals surface area contributed by atoms with E-state index in [-0.39, 0.29) is 6.10 Å². The monoisotopic (exact) mass is 266 g/mol. The molecule has 0 aliphatic carbocycles. The van der Waals surface area contributed by atoms with Gasteiger partial charge in [-0.3, -0.25) is 0 Å². The van der Waals surface area contributed by atoms with Crippen molar-refractivity contribution in [2.24, 2.45) is 0 Å². The van der Waals surface area contributed by atoms with E-state index < -0.39 is 0 Å². The lowest BCUT2D eigenvalue weighted by Gasteiger charge is -2.07. The highest BCUT2D eigenvalue weighted by molar-refractivity contribution is 9.10. The zero-order chi connectivity index (χ0) is 10.3. The summed E-state index contributed by atoms with van der Waals surface area (Å²) in [7, 11) is 0. The molecule has 1 saturated heterocycles. The Balaban J connectivity index is 2.11. The summed E-state index contributed by atoms with van der Waals surface area (Å²) < 4.78 is 8.82. The van der Waals surface area contributed by atoms with Gasteiger partial charge in [0.2, 0.25) is 0 Å². The highest BCUT2D eigenvalue weighted by Crippen LogP contribution is 2.28. The molecule has 0 saturated carbocycles. The minimum absolute atomic E-state index is 0.175. The molecule has 0 aromatic carbocycles. The van der Waals surface area contributed by atoms with Crippen LogP contribution in [0.5, 0.6) is 0 Å². The van der Waals surface area contributed by atoms with Gasteiger partial charge in [-0.2, -0.15) is 0 Å². The highest BCUT2D eigenvalue weighted by atomic mass is 79.9. The number of rotatable bonds is 1. The molecule has 1 aliphatic rings. The Bertz CT molecular complexity index is 488. The Labute approximate surface area is 96.2 Å². The van der Waals surface area contributed by atoms with Gasteiger partial charge in [-0.25, -0.2) is 4.98 Å². The van der Waals surface area contributed by atoms with Gasteiger partial charge in [0.15, 0.2) is 0 Å².